The minimum absolute atomic E-state index is 0.00923. The van der Waals surface area contributed by atoms with Gasteiger partial charge >= 0.3 is 0 Å². The Bertz CT molecular complexity index is 1260. The number of fused-ring (bicyclic) bond motifs is 1. The molecule has 1 N–H and O–H groups in total. The van der Waals surface area contributed by atoms with Crippen LogP contribution in [0.5, 0.6) is 17.2 Å². The quantitative estimate of drug-likeness (QED) is 0.360. The molecule has 0 aromatic heterocycles. The number of hydrogen-bond acceptors (Lipinski definition) is 7. The summed E-state index contributed by atoms with van der Waals surface area (Å²) >= 11 is 1.33. The molecule has 9 heteroatoms. The Labute approximate surface area is 215 Å². The lowest BCUT2D eigenvalue weighted by Crippen LogP contribution is -2.35. The molecule has 0 radical (unpaired) electrons. The third kappa shape index (κ3) is 5.79. The number of ether oxygens (including phenoxy) is 3. The van der Waals surface area contributed by atoms with Crippen molar-refractivity contribution in [2.24, 2.45) is 16.0 Å². The van der Waals surface area contributed by atoms with Crippen LogP contribution in [0.1, 0.15) is 37.5 Å². The van der Waals surface area contributed by atoms with Crippen LogP contribution < -0.4 is 14.2 Å². The monoisotopic (exact) mass is 506 g/mol. The molecule has 0 atom stereocenters. The molecule has 188 valence electrons. The van der Waals surface area contributed by atoms with E-state index >= 15 is 0 Å². The number of carbonyl (C=O) groups excluding carboxylic acids is 1. The van der Waals surface area contributed by atoms with Crippen molar-refractivity contribution in [1.82, 2.24) is 5.01 Å². The second kappa shape index (κ2) is 11.0. The Morgan fingerprint density at radius 2 is 1.75 bits per heavy atom. The highest BCUT2D eigenvalue weighted by atomic mass is 32.2. The average molecular weight is 507 g/mol. The molecule has 8 nitrogen and oxygen atoms in total. The van der Waals surface area contributed by atoms with Gasteiger partial charge in [0.1, 0.15) is 24.0 Å². The van der Waals surface area contributed by atoms with E-state index in [2.05, 4.69) is 16.2 Å². The Kier molecular flexibility index (Phi) is 7.79. The predicted molar refractivity (Wildman–Crippen MR) is 144 cm³/mol. The van der Waals surface area contributed by atoms with Crippen LogP contribution in [-0.2, 0) is 4.79 Å². The Morgan fingerprint density at radius 3 is 2.44 bits per heavy atom. The molecular formula is C27H30N4O4S. The molecule has 1 amide bonds. The lowest BCUT2D eigenvalue weighted by atomic mass is 10.1. The van der Waals surface area contributed by atoms with Crippen LogP contribution in [0.3, 0.4) is 0 Å². The molecule has 36 heavy (non-hydrogen) atoms. The van der Waals surface area contributed by atoms with Crippen molar-refractivity contribution >= 4 is 39.8 Å². The largest absolute Gasteiger partial charge is 0.490 e. The van der Waals surface area contributed by atoms with E-state index in [1.807, 2.05) is 52.8 Å². The highest BCUT2D eigenvalue weighted by Gasteiger charge is 2.36. The number of thioether (sulfide) groups is 1. The number of aliphatic imine (C=N–C) groups is 1. The van der Waals surface area contributed by atoms with Gasteiger partial charge in [-0.3, -0.25) is 10.2 Å². The van der Waals surface area contributed by atoms with Crippen LogP contribution in [0, 0.1) is 25.2 Å². The molecule has 2 aliphatic heterocycles. The van der Waals surface area contributed by atoms with Gasteiger partial charge in [-0.15, -0.1) is 0 Å². The van der Waals surface area contributed by atoms with Crippen molar-refractivity contribution in [3.63, 3.8) is 0 Å². The SMILES string of the molecule is CCOc1cc(/C=C2\C(=N)N3N=C(C(C)C)SC3=NC2=O)ccc1OCCOc1cc(C)cc(C)c1. The number of nitrogens with zero attached hydrogens (tertiary/aromatic N) is 3. The number of carbonyl (C=O) groups is 1. The van der Waals surface area contributed by atoms with Gasteiger partial charge in [-0.2, -0.15) is 15.1 Å². The van der Waals surface area contributed by atoms with Crippen LogP contribution in [0.4, 0.5) is 0 Å². The highest BCUT2D eigenvalue weighted by molar-refractivity contribution is 8.27. The Balaban J connectivity index is 1.47. The molecule has 0 saturated carbocycles. The number of hydrogen-bond donors (Lipinski definition) is 1. The van der Waals surface area contributed by atoms with Gasteiger partial charge in [-0.25, -0.2) is 0 Å². The summed E-state index contributed by atoms with van der Waals surface area (Å²) < 4.78 is 17.5. The molecule has 2 heterocycles. The third-order valence-corrected chi connectivity index (χ3v) is 6.56. The maximum Gasteiger partial charge on any atom is 0.283 e. The number of hydrazone groups is 1. The number of amidine groups is 2. The van der Waals surface area contributed by atoms with Gasteiger partial charge in [-0.1, -0.05) is 26.0 Å². The minimum atomic E-state index is -0.458. The lowest BCUT2D eigenvalue weighted by Gasteiger charge is -2.20. The molecule has 2 aliphatic rings. The first kappa shape index (κ1) is 25.5. The Hall–Kier alpha value is -3.59. The van der Waals surface area contributed by atoms with Gasteiger partial charge < -0.3 is 14.2 Å². The number of amides is 1. The van der Waals surface area contributed by atoms with Crippen LogP contribution in [0.15, 0.2) is 52.1 Å². The van der Waals surface area contributed by atoms with Crippen molar-refractivity contribution in [2.75, 3.05) is 19.8 Å². The summed E-state index contributed by atoms with van der Waals surface area (Å²) in [7, 11) is 0. The van der Waals surface area contributed by atoms with Gasteiger partial charge in [0.05, 0.1) is 12.2 Å². The van der Waals surface area contributed by atoms with E-state index in [1.165, 1.54) is 16.8 Å². The maximum atomic E-state index is 12.7. The molecule has 0 saturated heterocycles. The van der Waals surface area contributed by atoms with Gasteiger partial charge in [0.2, 0.25) is 5.17 Å². The number of benzene rings is 2. The molecule has 0 aliphatic carbocycles. The van der Waals surface area contributed by atoms with Crippen molar-refractivity contribution in [2.45, 2.75) is 34.6 Å². The molecule has 4 rings (SSSR count). The zero-order valence-electron chi connectivity index (χ0n) is 21.1. The summed E-state index contributed by atoms with van der Waals surface area (Å²) in [5, 5.41) is 15.7. The van der Waals surface area contributed by atoms with Crippen molar-refractivity contribution in [3.05, 3.63) is 58.7 Å². The van der Waals surface area contributed by atoms with Crippen LogP contribution in [0.2, 0.25) is 0 Å². The molecule has 0 unspecified atom stereocenters. The second-order valence-electron chi connectivity index (χ2n) is 8.77. The topological polar surface area (TPSA) is 96.6 Å². The van der Waals surface area contributed by atoms with E-state index in [0.717, 1.165) is 21.9 Å². The molecular weight excluding hydrogens is 476 g/mol. The lowest BCUT2D eigenvalue weighted by molar-refractivity contribution is -0.114. The van der Waals surface area contributed by atoms with Gasteiger partial charge in [0.15, 0.2) is 17.3 Å². The molecule has 2 aromatic carbocycles. The zero-order valence-corrected chi connectivity index (χ0v) is 21.9. The van der Waals surface area contributed by atoms with Crippen LogP contribution in [-0.4, -0.2) is 46.8 Å². The average Bonchev–Trinajstić information content (AvgIpc) is 3.25. The van der Waals surface area contributed by atoms with Crippen molar-refractivity contribution < 1.29 is 19.0 Å². The van der Waals surface area contributed by atoms with E-state index in [9.17, 15) is 4.79 Å². The van der Waals surface area contributed by atoms with E-state index in [-0.39, 0.29) is 17.3 Å². The van der Waals surface area contributed by atoms with Crippen LogP contribution >= 0.6 is 11.8 Å². The highest BCUT2D eigenvalue weighted by Crippen LogP contribution is 2.33. The first-order valence-electron chi connectivity index (χ1n) is 11.9. The minimum Gasteiger partial charge on any atom is -0.490 e. The summed E-state index contributed by atoms with van der Waals surface area (Å²) in [6.45, 7) is 11.2. The summed E-state index contributed by atoms with van der Waals surface area (Å²) in [6, 6.07) is 11.5. The van der Waals surface area contributed by atoms with E-state index < -0.39 is 5.91 Å². The fourth-order valence-corrected chi connectivity index (χ4v) is 4.63. The molecule has 0 spiro atoms. The third-order valence-electron chi connectivity index (χ3n) is 5.35. The maximum absolute atomic E-state index is 12.7. The summed E-state index contributed by atoms with van der Waals surface area (Å²) in [5.41, 5.74) is 3.17. The standard InChI is InChI=1S/C27H30N4O4S/c1-6-33-23-15-19(7-8-22(23)35-10-9-34-20-12-17(4)11-18(5)13-20)14-21-24(28)31-27(29-25(21)32)36-26(30-31)16(2)3/h7-8,11-16,28H,6,9-10H2,1-5H3/b21-14+,28-24?. The smallest absolute Gasteiger partial charge is 0.283 e. The van der Waals surface area contributed by atoms with Crippen molar-refractivity contribution in [1.29, 1.82) is 5.41 Å². The van der Waals surface area contributed by atoms with E-state index in [0.29, 0.717) is 42.1 Å². The first-order chi connectivity index (χ1) is 17.2. The van der Waals surface area contributed by atoms with Gasteiger partial charge in [0, 0.05) is 5.92 Å². The van der Waals surface area contributed by atoms with Gasteiger partial charge in [-0.05, 0) is 79.6 Å². The summed E-state index contributed by atoms with van der Waals surface area (Å²) in [5.74, 6) is 1.68. The van der Waals surface area contributed by atoms with Crippen molar-refractivity contribution in [3.8, 4) is 17.2 Å². The normalized spacial score (nSPS) is 16.3. The van der Waals surface area contributed by atoms with E-state index in [1.54, 1.807) is 18.2 Å². The summed E-state index contributed by atoms with van der Waals surface area (Å²) in [4.78, 5) is 16.8. The van der Waals surface area contributed by atoms with Gasteiger partial charge in [0.25, 0.3) is 5.91 Å². The molecule has 2 aromatic rings. The number of rotatable bonds is 9. The number of aryl methyl sites for hydroxylation is 2. The fourth-order valence-electron chi connectivity index (χ4n) is 3.74. The molecule has 0 fully saturated rings. The predicted octanol–water partition coefficient (Wildman–Crippen LogP) is 5.44. The fraction of sp³-hybridized carbons (Fsp3) is 0.333. The molecule has 0 bridgehead atoms. The van der Waals surface area contributed by atoms with E-state index in [4.69, 9.17) is 19.6 Å². The second-order valence-corrected chi connectivity index (χ2v) is 9.76. The summed E-state index contributed by atoms with van der Waals surface area (Å²) in [6.07, 6.45) is 1.63. The number of nitrogens with one attached hydrogen (secondary N) is 1. The first-order valence-corrected chi connectivity index (χ1v) is 12.7. The van der Waals surface area contributed by atoms with Crippen LogP contribution in [0.25, 0.3) is 6.08 Å². The Morgan fingerprint density at radius 1 is 1.03 bits per heavy atom. The zero-order chi connectivity index (χ0) is 25.8.